The fourth-order valence-electron chi connectivity index (χ4n) is 1.96. The molecule has 1 saturated heterocycles. The largest absolute Gasteiger partial charge is 0.303 e. The number of aromatic nitrogens is 2. The summed E-state index contributed by atoms with van der Waals surface area (Å²) < 4.78 is 0. The van der Waals surface area contributed by atoms with Crippen molar-refractivity contribution in [3.63, 3.8) is 0 Å². The summed E-state index contributed by atoms with van der Waals surface area (Å²) in [5.41, 5.74) is 4.33. The van der Waals surface area contributed by atoms with Crippen LogP contribution >= 0.6 is 11.6 Å². The van der Waals surface area contributed by atoms with Crippen molar-refractivity contribution in [1.29, 1.82) is 0 Å². The van der Waals surface area contributed by atoms with E-state index < -0.39 is 0 Å². The van der Waals surface area contributed by atoms with Crippen LogP contribution in [0.2, 0.25) is 5.15 Å². The number of halogens is 1. The molecule has 0 atom stereocenters. The first-order chi connectivity index (χ1) is 7.81. The molecule has 0 saturated carbocycles. The number of hydrogen-bond acceptors (Lipinski definition) is 4. The molecule has 4 nitrogen and oxygen atoms in total. The highest BCUT2D eigenvalue weighted by atomic mass is 35.5. The predicted molar refractivity (Wildman–Crippen MR) is 65.5 cm³/mol. The maximum absolute atomic E-state index is 6.04. The molecule has 0 unspecified atom stereocenters. The molecule has 1 aliphatic heterocycles. The van der Waals surface area contributed by atoms with E-state index in [1.807, 2.05) is 0 Å². The van der Waals surface area contributed by atoms with E-state index in [2.05, 4.69) is 27.3 Å². The van der Waals surface area contributed by atoms with Gasteiger partial charge in [0.2, 0.25) is 0 Å². The van der Waals surface area contributed by atoms with Crippen LogP contribution in [-0.2, 0) is 6.42 Å². The third-order valence-corrected chi connectivity index (χ3v) is 3.19. The first kappa shape index (κ1) is 11.6. The Bertz CT molecular complexity index is 350. The lowest BCUT2D eigenvalue weighted by molar-refractivity contribution is 0.272. The van der Waals surface area contributed by atoms with E-state index in [4.69, 9.17) is 11.6 Å². The highest BCUT2D eigenvalue weighted by Gasteiger charge is 2.13. The Morgan fingerprint density at radius 1 is 1.31 bits per heavy atom. The molecule has 1 aliphatic rings. The van der Waals surface area contributed by atoms with E-state index in [1.165, 1.54) is 25.6 Å². The summed E-state index contributed by atoms with van der Waals surface area (Å²) in [5, 5.41) is 2.76. The zero-order chi connectivity index (χ0) is 11.4. The van der Waals surface area contributed by atoms with E-state index in [1.54, 1.807) is 0 Å². The molecule has 1 aromatic rings. The summed E-state index contributed by atoms with van der Waals surface area (Å²) in [6.45, 7) is 4.21. The van der Waals surface area contributed by atoms with Gasteiger partial charge in [-0.2, -0.15) is 0 Å². The summed E-state index contributed by atoms with van der Waals surface area (Å²) in [6.07, 6.45) is 6.16. The minimum Gasteiger partial charge on any atom is -0.303 e. The van der Waals surface area contributed by atoms with Crippen LogP contribution in [0.25, 0.3) is 0 Å². The minimum atomic E-state index is 0.553. The third kappa shape index (κ3) is 2.62. The van der Waals surface area contributed by atoms with Crippen molar-refractivity contribution < 1.29 is 0 Å². The Hall–Kier alpha value is -0.870. The highest BCUT2D eigenvalue weighted by molar-refractivity contribution is 6.30. The monoisotopic (exact) mass is 240 g/mol. The molecule has 2 heterocycles. The maximum atomic E-state index is 6.04. The van der Waals surface area contributed by atoms with Gasteiger partial charge in [-0.3, -0.25) is 0 Å². The smallest absolute Gasteiger partial charge is 0.148 e. The molecule has 0 bridgehead atoms. The normalized spacial score (nSPS) is 17.4. The highest BCUT2D eigenvalue weighted by Crippen LogP contribution is 2.21. The predicted octanol–water partition coefficient (Wildman–Crippen LogP) is 2.51. The lowest BCUT2D eigenvalue weighted by Gasteiger charge is -2.28. The molecule has 0 aliphatic carbocycles. The molecule has 88 valence electrons. The Labute approximate surface area is 101 Å². The van der Waals surface area contributed by atoms with Gasteiger partial charge >= 0.3 is 0 Å². The van der Waals surface area contributed by atoms with Crippen LogP contribution in [-0.4, -0.2) is 28.1 Å². The molecular formula is C11H17ClN4. The Morgan fingerprint density at radius 3 is 2.75 bits per heavy atom. The van der Waals surface area contributed by atoms with Crippen LogP contribution in [0.3, 0.4) is 0 Å². The average Bonchev–Trinajstić information content (AvgIpc) is 2.31. The Balaban J connectivity index is 2.10. The second kappa shape index (κ2) is 5.46. The number of rotatable bonds is 3. The number of nitrogens with one attached hydrogen (secondary N) is 1. The van der Waals surface area contributed by atoms with Crippen molar-refractivity contribution in [3.05, 3.63) is 17.0 Å². The molecular weight excluding hydrogens is 224 g/mol. The topological polar surface area (TPSA) is 41.1 Å². The van der Waals surface area contributed by atoms with Crippen molar-refractivity contribution in [1.82, 2.24) is 15.0 Å². The maximum Gasteiger partial charge on any atom is 0.148 e. The molecule has 1 fully saturated rings. The zero-order valence-corrected chi connectivity index (χ0v) is 10.3. The lowest BCUT2D eigenvalue weighted by Crippen LogP contribution is -2.35. The van der Waals surface area contributed by atoms with Gasteiger partial charge in [-0.25, -0.2) is 15.0 Å². The minimum absolute atomic E-state index is 0.553. The van der Waals surface area contributed by atoms with Gasteiger partial charge in [-0.1, -0.05) is 24.9 Å². The summed E-state index contributed by atoms with van der Waals surface area (Å²) >= 11 is 6.04. The molecule has 2 rings (SSSR count). The number of anilines is 1. The van der Waals surface area contributed by atoms with Gasteiger partial charge in [0.05, 0.1) is 0 Å². The van der Waals surface area contributed by atoms with E-state index in [0.717, 1.165) is 30.9 Å². The fraction of sp³-hybridized carbons (Fsp3) is 0.636. The third-order valence-electron chi connectivity index (χ3n) is 2.87. The summed E-state index contributed by atoms with van der Waals surface area (Å²) in [7, 11) is 0. The van der Waals surface area contributed by atoms with Crippen molar-refractivity contribution in [2.75, 3.05) is 18.5 Å². The summed E-state index contributed by atoms with van der Waals surface area (Å²) in [5.74, 6) is 0.851. The zero-order valence-electron chi connectivity index (χ0n) is 9.54. The van der Waals surface area contributed by atoms with Crippen LogP contribution in [0, 0.1) is 0 Å². The Kier molecular flexibility index (Phi) is 3.96. The van der Waals surface area contributed by atoms with Gasteiger partial charge < -0.3 is 5.43 Å². The molecule has 1 N–H and O–H groups in total. The van der Waals surface area contributed by atoms with E-state index >= 15 is 0 Å². The van der Waals surface area contributed by atoms with Crippen LogP contribution < -0.4 is 5.43 Å². The Morgan fingerprint density at radius 2 is 2.06 bits per heavy atom. The number of piperidine rings is 1. The van der Waals surface area contributed by atoms with Crippen LogP contribution in [0.5, 0.6) is 0 Å². The average molecular weight is 241 g/mol. The van der Waals surface area contributed by atoms with Crippen molar-refractivity contribution >= 4 is 17.4 Å². The van der Waals surface area contributed by atoms with E-state index in [0.29, 0.717) is 5.15 Å². The first-order valence-corrected chi connectivity index (χ1v) is 6.20. The molecule has 0 amide bonds. The van der Waals surface area contributed by atoms with Gasteiger partial charge in [-0.05, 0) is 19.3 Å². The fourth-order valence-corrected chi connectivity index (χ4v) is 2.22. The van der Waals surface area contributed by atoms with Crippen LogP contribution in [0.1, 0.15) is 31.7 Å². The van der Waals surface area contributed by atoms with Crippen LogP contribution in [0.4, 0.5) is 5.82 Å². The number of hydrogen-bond donors (Lipinski definition) is 1. The second-order valence-corrected chi connectivity index (χ2v) is 4.36. The molecule has 5 heteroatoms. The molecule has 16 heavy (non-hydrogen) atoms. The van der Waals surface area contributed by atoms with Crippen molar-refractivity contribution in [2.24, 2.45) is 0 Å². The standard InChI is InChI=1S/C11H17ClN4/c1-2-9-10(12)13-8-14-11(9)15-16-6-4-3-5-7-16/h8H,2-7H2,1H3,(H,13,14,15). The molecule has 0 spiro atoms. The summed E-state index contributed by atoms with van der Waals surface area (Å²) in [6, 6.07) is 0. The van der Waals surface area contributed by atoms with E-state index in [-0.39, 0.29) is 0 Å². The molecule has 0 radical (unpaired) electrons. The van der Waals surface area contributed by atoms with Crippen molar-refractivity contribution in [2.45, 2.75) is 32.6 Å². The number of hydrazine groups is 1. The van der Waals surface area contributed by atoms with Gasteiger partial charge in [-0.15, -0.1) is 0 Å². The quantitative estimate of drug-likeness (QED) is 0.825. The van der Waals surface area contributed by atoms with Gasteiger partial charge in [0.25, 0.3) is 0 Å². The van der Waals surface area contributed by atoms with Gasteiger partial charge in [0.15, 0.2) is 0 Å². The number of nitrogens with zero attached hydrogens (tertiary/aromatic N) is 3. The first-order valence-electron chi connectivity index (χ1n) is 5.82. The summed E-state index contributed by atoms with van der Waals surface area (Å²) in [4.78, 5) is 8.26. The van der Waals surface area contributed by atoms with Crippen LogP contribution in [0.15, 0.2) is 6.33 Å². The van der Waals surface area contributed by atoms with Gasteiger partial charge in [0.1, 0.15) is 17.3 Å². The SMILES string of the molecule is CCc1c(Cl)ncnc1NN1CCCCC1. The second-order valence-electron chi connectivity index (χ2n) is 4.00. The van der Waals surface area contributed by atoms with Gasteiger partial charge in [0, 0.05) is 18.7 Å². The molecule has 0 aromatic carbocycles. The van der Waals surface area contributed by atoms with Crippen molar-refractivity contribution in [3.8, 4) is 0 Å². The lowest BCUT2D eigenvalue weighted by atomic mass is 10.2. The molecule has 1 aromatic heterocycles. The van der Waals surface area contributed by atoms with E-state index in [9.17, 15) is 0 Å².